The third-order valence-corrected chi connectivity index (χ3v) is 3.07. The van der Waals surface area contributed by atoms with Crippen LogP contribution in [0.1, 0.15) is 19.4 Å². The fourth-order valence-corrected chi connectivity index (χ4v) is 1.26. The van der Waals surface area contributed by atoms with Gasteiger partial charge in [0.2, 0.25) is 0 Å². The molecule has 1 aromatic carbocycles. The largest absolute Gasteiger partial charge is 0.491 e. The zero-order valence-electron chi connectivity index (χ0n) is 11.0. The maximum atomic E-state index is 13.5. The second-order valence-electron chi connectivity index (χ2n) is 4.92. The van der Waals surface area contributed by atoms with Crippen LogP contribution < -0.4 is 10.5 Å². The van der Waals surface area contributed by atoms with E-state index in [1.165, 1.54) is 6.07 Å². The van der Waals surface area contributed by atoms with Crippen molar-refractivity contribution in [2.45, 2.75) is 25.9 Å². The zero-order valence-corrected chi connectivity index (χ0v) is 11.0. The van der Waals surface area contributed by atoms with E-state index in [4.69, 9.17) is 10.5 Å². The Morgan fingerprint density at radius 1 is 1.35 bits per heavy atom. The van der Waals surface area contributed by atoms with Gasteiger partial charge in [-0.3, -0.25) is 0 Å². The van der Waals surface area contributed by atoms with Crippen LogP contribution in [0.3, 0.4) is 0 Å². The van der Waals surface area contributed by atoms with Crippen LogP contribution >= 0.6 is 0 Å². The zero-order chi connectivity index (χ0) is 13.1. The smallest absolute Gasteiger partial charge is 0.131 e. The number of nitrogens with zero attached hydrogens (tertiary/aromatic N) is 1. The van der Waals surface area contributed by atoms with Gasteiger partial charge in [0.05, 0.1) is 0 Å². The van der Waals surface area contributed by atoms with Crippen LogP contribution in [-0.2, 0) is 6.54 Å². The van der Waals surface area contributed by atoms with Crippen molar-refractivity contribution in [2.75, 3.05) is 20.7 Å². The highest BCUT2D eigenvalue weighted by Crippen LogP contribution is 2.22. The van der Waals surface area contributed by atoms with Crippen LogP contribution in [-0.4, -0.2) is 31.1 Å². The molecule has 0 amide bonds. The highest BCUT2D eigenvalue weighted by molar-refractivity contribution is 5.34. The molecule has 0 aromatic heterocycles. The fraction of sp³-hybridized carbons (Fsp3) is 0.538. The van der Waals surface area contributed by atoms with E-state index in [0.29, 0.717) is 17.9 Å². The second kappa shape index (κ2) is 5.47. The molecule has 0 saturated carbocycles. The number of hydrogen-bond acceptors (Lipinski definition) is 3. The molecular weight excluding hydrogens is 219 g/mol. The number of benzene rings is 1. The van der Waals surface area contributed by atoms with E-state index in [1.54, 1.807) is 12.1 Å². The molecule has 3 nitrogen and oxygen atoms in total. The van der Waals surface area contributed by atoms with Gasteiger partial charge in [0.15, 0.2) is 0 Å². The summed E-state index contributed by atoms with van der Waals surface area (Å²) in [5.74, 6) is 0.218. The first-order valence-electron chi connectivity index (χ1n) is 5.66. The third-order valence-electron chi connectivity index (χ3n) is 3.07. The average molecular weight is 240 g/mol. The number of rotatable bonds is 5. The molecule has 0 atom stereocenters. The van der Waals surface area contributed by atoms with Gasteiger partial charge in [0, 0.05) is 17.6 Å². The molecule has 1 rings (SSSR count). The maximum absolute atomic E-state index is 13.5. The number of halogens is 1. The molecule has 1 aromatic rings. The SMILES string of the molecule is CN(C)C(C)(C)COc1cccc(F)c1CN. The Hall–Kier alpha value is -1.13. The molecule has 0 spiro atoms. The summed E-state index contributed by atoms with van der Waals surface area (Å²) in [5, 5.41) is 0. The summed E-state index contributed by atoms with van der Waals surface area (Å²) >= 11 is 0. The summed E-state index contributed by atoms with van der Waals surface area (Å²) in [5.41, 5.74) is 5.84. The first-order valence-corrected chi connectivity index (χ1v) is 5.66. The van der Waals surface area contributed by atoms with Gasteiger partial charge in [-0.1, -0.05) is 6.07 Å². The molecule has 0 bridgehead atoms. The molecular formula is C13H21FN2O. The molecule has 0 aliphatic heterocycles. The minimum atomic E-state index is -0.312. The summed E-state index contributed by atoms with van der Waals surface area (Å²) in [7, 11) is 3.97. The van der Waals surface area contributed by atoms with Gasteiger partial charge in [-0.05, 0) is 40.1 Å². The molecule has 0 fully saturated rings. The van der Waals surface area contributed by atoms with E-state index < -0.39 is 0 Å². The Labute approximate surface area is 102 Å². The molecule has 0 radical (unpaired) electrons. The third kappa shape index (κ3) is 3.41. The van der Waals surface area contributed by atoms with Crippen LogP contribution in [0.5, 0.6) is 5.75 Å². The lowest BCUT2D eigenvalue weighted by Gasteiger charge is -2.32. The molecule has 0 heterocycles. The molecule has 0 aliphatic carbocycles. The quantitative estimate of drug-likeness (QED) is 0.855. The predicted octanol–water partition coefficient (Wildman–Crippen LogP) is 2.00. The summed E-state index contributed by atoms with van der Waals surface area (Å²) in [6, 6.07) is 4.77. The topological polar surface area (TPSA) is 38.5 Å². The Bertz CT molecular complexity index is 378. The van der Waals surface area contributed by atoms with Crippen LogP contribution in [0, 0.1) is 5.82 Å². The van der Waals surface area contributed by atoms with Gasteiger partial charge in [-0.15, -0.1) is 0 Å². The molecule has 0 aliphatic rings. The first-order chi connectivity index (χ1) is 7.88. The van der Waals surface area contributed by atoms with Crippen LogP contribution in [0.15, 0.2) is 18.2 Å². The monoisotopic (exact) mass is 240 g/mol. The van der Waals surface area contributed by atoms with E-state index in [9.17, 15) is 4.39 Å². The Morgan fingerprint density at radius 2 is 2.00 bits per heavy atom. The molecule has 4 heteroatoms. The van der Waals surface area contributed by atoms with E-state index in [-0.39, 0.29) is 17.9 Å². The lowest BCUT2D eigenvalue weighted by molar-refractivity contribution is 0.113. The highest BCUT2D eigenvalue weighted by atomic mass is 19.1. The van der Waals surface area contributed by atoms with Crippen molar-refractivity contribution in [2.24, 2.45) is 5.73 Å². The number of nitrogens with two attached hydrogens (primary N) is 1. The van der Waals surface area contributed by atoms with Crippen molar-refractivity contribution in [3.05, 3.63) is 29.6 Å². The highest BCUT2D eigenvalue weighted by Gasteiger charge is 2.22. The van der Waals surface area contributed by atoms with E-state index in [1.807, 2.05) is 14.1 Å². The van der Waals surface area contributed by atoms with Gasteiger partial charge in [-0.2, -0.15) is 0 Å². The minimum absolute atomic E-state index is 0.113. The fourth-order valence-electron chi connectivity index (χ4n) is 1.26. The van der Waals surface area contributed by atoms with E-state index in [0.717, 1.165) is 0 Å². The molecule has 96 valence electrons. The van der Waals surface area contributed by atoms with Crippen molar-refractivity contribution in [1.29, 1.82) is 0 Å². The van der Waals surface area contributed by atoms with Crippen LogP contribution in [0.2, 0.25) is 0 Å². The second-order valence-corrected chi connectivity index (χ2v) is 4.92. The normalized spacial score (nSPS) is 11.9. The Morgan fingerprint density at radius 3 is 2.53 bits per heavy atom. The lowest BCUT2D eigenvalue weighted by Crippen LogP contribution is -2.43. The van der Waals surface area contributed by atoms with Crippen molar-refractivity contribution in [3.8, 4) is 5.75 Å². The molecule has 0 saturated heterocycles. The van der Waals surface area contributed by atoms with Gasteiger partial charge >= 0.3 is 0 Å². The number of ether oxygens (including phenoxy) is 1. The summed E-state index contributed by atoms with van der Waals surface area (Å²) in [6.45, 7) is 4.75. The molecule has 0 unspecified atom stereocenters. The molecule has 17 heavy (non-hydrogen) atoms. The summed E-state index contributed by atoms with van der Waals surface area (Å²) in [6.07, 6.45) is 0. The standard InChI is InChI=1S/C13H21FN2O/c1-13(2,16(3)4)9-17-12-7-5-6-11(14)10(12)8-15/h5-7H,8-9,15H2,1-4H3. The van der Waals surface area contributed by atoms with Gasteiger partial charge in [0.25, 0.3) is 0 Å². The van der Waals surface area contributed by atoms with Crippen LogP contribution in [0.25, 0.3) is 0 Å². The average Bonchev–Trinajstić information content (AvgIpc) is 2.26. The molecule has 2 N–H and O–H groups in total. The van der Waals surface area contributed by atoms with Gasteiger partial charge < -0.3 is 15.4 Å². The van der Waals surface area contributed by atoms with Gasteiger partial charge in [0.1, 0.15) is 18.2 Å². The van der Waals surface area contributed by atoms with Crippen molar-refractivity contribution < 1.29 is 9.13 Å². The Kier molecular flexibility index (Phi) is 4.48. The maximum Gasteiger partial charge on any atom is 0.131 e. The van der Waals surface area contributed by atoms with Gasteiger partial charge in [-0.25, -0.2) is 4.39 Å². The Balaban J connectivity index is 2.79. The van der Waals surface area contributed by atoms with Crippen LogP contribution in [0.4, 0.5) is 4.39 Å². The summed E-state index contributed by atoms with van der Waals surface area (Å²) < 4.78 is 19.1. The lowest BCUT2D eigenvalue weighted by atomic mass is 10.1. The van der Waals surface area contributed by atoms with E-state index in [2.05, 4.69) is 18.7 Å². The van der Waals surface area contributed by atoms with E-state index >= 15 is 0 Å². The first kappa shape index (κ1) is 13.9. The number of hydrogen-bond donors (Lipinski definition) is 1. The van der Waals surface area contributed by atoms with Crippen molar-refractivity contribution in [3.63, 3.8) is 0 Å². The predicted molar refractivity (Wildman–Crippen MR) is 67.6 cm³/mol. The number of likely N-dealkylation sites (N-methyl/N-ethyl adjacent to an activating group) is 1. The van der Waals surface area contributed by atoms with Crippen molar-refractivity contribution in [1.82, 2.24) is 4.90 Å². The van der Waals surface area contributed by atoms with Crippen molar-refractivity contribution >= 4 is 0 Å². The summed E-state index contributed by atoms with van der Waals surface area (Å²) in [4.78, 5) is 2.06. The minimum Gasteiger partial charge on any atom is -0.491 e.